The molecule has 2 atom stereocenters. The second-order valence-corrected chi connectivity index (χ2v) is 6.87. The zero-order valence-electron chi connectivity index (χ0n) is 14.9. The van der Waals surface area contributed by atoms with E-state index in [0.29, 0.717) is 12.3 Å². The second kappa shape index (κ2) is 8.30. The van der Waals surface area contributed by atoms with Crippen LogP contribution in [0, 0.1) is 5.92 Å². The van der Waals surface area contributed by atoms with Crippen LogP contribution >= 0.6 is 0 Å². The summed E-state index contributed by atoms with van der Waals surface area (Å²) < 4.78 is 0. The molecule has 0 radical (unpaired) electrons. The smallest absolute Gasteiger partial charge is 0.246 e. The molecular weight excluding hydrogens is 314 g/mol. The van der Waals surface area contributed by atoms with Crippen LogP contribution in [0.25, 0.3) is 6.08 Å². The van der Waals surface area contributed by atoms with Crippen molar-refractivity contribution in [2.24, 2.45) is 5.92 Å². The molecule has 0 aliphatic carbocycles. The minimum absolute atomic E-state index is 0.0703. The van der Waals surface area contributed by atoms with E-state index in [1.165, 1.54) is 0 Å². The highest BCUT2D eigenvalue weighted by molar-refractivity contribution is 5.92. The number of rotatable bonds is 5. The number of fused-ring (bicyclic) bond motifs is 1. The average molecular weight is 341 g/mol. The highest BCUT2D eigenvalue weighted by Crippen LogP contribution is 2.31. The van der Waals surface area contributed by atoms with Crippen molar-refractivity contribution in [1.29, 1.82) is 0 Å². The van der Waals surface area contributed by atoms with E-state index in [2.05, 4.69) is 5.32 Å². The number of carbonyl (C=O) groups excluding carboxylic acids is 2. The molecule has 1 aromatic rings. The summed E-state index contributed by atoms with van der Waals surface area (Å²) >= 11 is 0. The highest BCUT2D eigenvalue weighted by atomic mass is 16.2. The normalized spacial score (nSPS) is 23.8. The zero-order valence-corrected chi connectivity index (χ0v) is 14.9. The number of nitrogens with zero attached hydrogens (tertiary/aromatic N) is 2. The molecule has 134 valence electrons. The van der Waals surface area contributed by atoms with Crippen molar-refractivity contribution in [3.8, 4) is 0 Å². The second-order valence-electron chi connectivity index (χ2n) is 6.87. The lowest BCUT2D eigenvalue weighted by Gasteiger charge is -2.47. The fraction of sp³-hybridized carbons (Fsp3) is 0.500. The predicted octanol–water partition coefficient (Wildman–Crippen LogP) is 1.76. The van der Waals surface area contributed by atoms with Gasteiger partial charge >= 0.3 is 0 Å². The number of benzene rings is 1. The van der Waals surface area contributed by atoms with E-state index in [1.807, 2.05) is 53.3 Å². The summed E-state index contributed by atoms with van der Waals surface area (Å²) in [5.74, 6) is 0.735. The quantitative estimate of drug-likeness (QED) is 0.831. The molecule has 3 rings (SSSR count). The number of nitrogens with one attached hydrogen (secondary N) is 1. The highest BCUT2D eigenvalue weighted by Gasteiger charge is 2.39. The standard InChI is InChI=1S/C20H27N3O2/c1-21-12-14-23-18-11-13-22(15-17(18)8-10-20(23)25)19(24)9-7-16-5-3-2-4-6-16/h2-7,9,17-18,21H,8,10-15H2,1H3/t17-,18+/m0/s1. The van der Waals surface area contributed by atoms with Gasteiger partial charge in [0.05, 0.1) is 0 Å². The maximum absolute atomic E-state index is 12.5. The van der Waals surface area contributed by atoms with Gasteiger partial charge in [-0.2, -0.15) is 0 Å². The summed E-state index contributed by atoms with van der Waals surface area (Å²) in [6.45, 7) is 3.06. The van der Waals surface area contributed by atoms with E-state index >= 15 is 0 Å². The Morgan fingerprint density at radius 1 is 1.28 bits per heavy atom. The van der Waals surface area contributed by atoms with E-state index in [1.54, 1.807) is 6.08 Å². The van der Waals surface area contributed by atoms with Crippen molar-refractivity contribution < 1.29 is 9.59 Å². The Kier molecular flexibility index (Phi) is 5.87. The minimum Gasteiger partial charge on any atom is -0.339 e. The fourth-order valence-electron chi connectivity index (χ4n) is 3.91. The summed E-state index contributed by atoms with van der Waals surface area (Å²) in [5.41, 5.74) is 1.03. The monoisotopic (exact) mass is 341 g/mol. The SMILES string of the molecule is CNCCN1C(=O)CC[C@H]2CN(C(=O)C=Cc3ccccc3)CC[C@H]21. The predicted molar refractivity (Wildman–Crippen MR) is 98.8 cm³/mol. The van der Waals surface area contributed by atoms with Gasteiger partial charge in [-0.05, 0) is 37.4 Å². The molecule has 25 heavy (non-hydrogen) atoms. The Morgan fingerprint density at radius 2 is 2.08 bits per heavy atom. The molecule has 1 N–H and O–H groups in total. The summed E-state index contributed by atoms with van der Waals surface area (Å²) in [6.07, 6.45) is 5.92. The van der Waals surface area contributed by atoms with Crippen LogP contribution in [-0.4, -0.2) is 60.9 Å². The molecule has 2 fully saturated rings. The van der Waals surface area contributed by atoms with Crippen LogP contribution in [-0.2, 0) is 9.59 Å². The number of hydrogen-bond acceptors (Lipinski definition) is 3. The first-order valence-electron chi connectivity index (χ1n) is 9.15. The Hall–Kier alpha value is -2.14. The summed E-state index contributed by atoms with van der Waals surface area (Å²) in [6, 6.07) is 10.2. The molecule has 2 heterocycles. The van der Waals surface area contributed by atoms with Gasteiger partial charge in [0.2, 0.25) is 11.8 Å². The molecule has 0 unspecified atom stereocenters. The van der Waals surface area contributed by atoms with Crippen molar-refractivity contribution in [2.75, 3.05) is 33.2 Å². The van der Waals surface area contributed by atoms with Crippen molar-refractivity contribution in [3.05, 3.63) is 42.0 Å². The van der Waals surface area contributed by atoms with Crippen LogP contribution in [0.2, 0.25) is 0 Å². The van der Waals surface area contributed by atoms with Gasteiger partial charge in [0, 0.05) is 44.7 Å². The summed E-state index contributed by atoms with van der Waals surface area (Å²) in [4.78, 5) is 28.7. The molecule has 5 heteroatoms. The Balaban J connectivity index is 1.60. The number of likely N-dealkylation sites (N-methyl/N-ethyl adjacent to an activating group) is 1. The number of carbonyl (C=O) groups is 2. The van der Waals surface area contributed by atoms with Crippen LogP contribution in [0.4, 0.5) is 0 Å². The number of likely N-dealkylation sites (tertiary alicyclic amines) is 2. The summed E-state index contributed by atoms with van der Waals surface area (Å²) in [7, 11) is 1.91. The molecular formula is C20H27N3O2. The number of hydrogen-bond donors (Lipinski definition) is 1. The average Bonchev–Trinajstić information content (AvgIpc) is 2.66. The van der Waals surface area contributed by atoms with Gasteiger partial charge in [-0.15, -0.1) is 0 Å². The van der Waals surface area contributed by atoms with Crippen LogP contribution in [0.1, 0.15) is 24.8 Å². The lowest BCUT2D eigenvalue weighted by atomic mass is 9.83. The number of piperidine rings is 2. The fourth-order valence-corrected chi connectivity index (χ4v) is 3.91. The maximum Gasteiger partial charge on any atom is 0.246 e. The Labute approximate surface area is 149 Å². The van der Waals surface area contributed by atoms with Crippen LogP contribution in [0.15, 0.2) is 36.4 Å². The molecule has 2 aliphatic heterocycles. The first-order valence-corrected chi connectivity index (χ1v) is 9.15. The molecule has 0 saturated carbocycles. The molecule has 0 bridgehead atoms. The van der Waals surface area contributed by atoms with Crippen molar-refractivity contribution in [3.63, 3.8) is 0 Å². The van der Waals surface area contributed by atoms with Gasteiger partial charge in [-0.3, -0.25) is 9.59 Å². The van der Waals surface area contributed by atoms with Crippen LogP contribution in [0.5, 0.6) is 0 Å². The largest absolute Gasteiger partial charge is 0.339 e. The molecule has 5 nitrogen and oxygen atoms in total. The lowest BCUT2D eigenvalue weighted by molar-refractivity contribution is -0.142. The first-order chi connectivity index (χ1) is 12.2. The molecule has 0 aromatic heterocycles. The molecule has 1 aromatic carbocycles. The topological polar surface area (TPSA) is 52.7 Å². The maximum atomic E-state index is 12.5. The van der Waals surface area contributed by atoms with E-state index in [9.17, 15) is 9.59 Å². The van der Waals surface area contributed by atoms with Gasteiger partial charge < -0.3 is 15.1 Å². The Bertz CT molecular complexity index is 629. The van der Waals surface area contributed by atoms with Gasteiger partial charge in [0.25, 0.3) is 0 Å². The van der Waals surface area contributed by atoms with Crippen LogP contribution < -0.4 is 5.32 Å². The van der Waals surface area contributed by atoms with Gasteiger partial charge in [-0.1, -0.05) is 30.3 Å². The van der Waals surface area contributed by atoms with E-state index < -0.39 is 0 Å². The van der Waals surface area contributed by atoms with Crippen molar-refractivity contribution >= 4 is 17.9 Å². The molecule has 2 amide bonds. The van der Waals surface area contributed by atoms with E-state index in [-0.39, 0.29) is 17.9 Å². The molecule has 2 saturated heterocycles. The molecule has 2 aliphatic rings. The van der Waals surface area contributed by atoms with Gasteiger partial charge in [0.1, 0.15) is 0 Å². The van der Waals surface area contributed by atoms with Crippen molar-refractivity contribution in [2.45, 2.75) is 25.3 Å². The first kappa shape index (κ1) is 17.7. The Morgan fingerprint density at radius 3 is 2.84 bits per heavy atom. The van der Waals surface area contributed by atoms with Gasteiger partial charge in [-0.25, -0.2) is 0 Å². The third kappa shape index (κ3) is 4.28. The minimum atomic E-state index is 0.0703. The third-order valence-corrected chi connectivity index (χ3v) is 5.28. The number of amides is 2. The van der Waals surface area contributed by atoms with Crippen molar-refractivity contribution in [1.82, 2.24) is 15.1 Å². The van der Waals surface area contributed by atoms with E-state index in [4.69, 9.17) is 0 Å². The molecule has 0 spiro atoms. The third-order valence-electron chi connectivity index (χ3n) is 5.28. The lowest BCUT2D eigenvalue weighted by Crippen LogP contribution is -2.57. The van der Waals surface area contributed by atoms with E-state index in [0.717, 1.165) is 44.6 Å². The summed E-state index contributed by atoms with van der Waals surface area (Å²) in [5, 5.41) is 3.12. The van der Waals surface area contributed by atoms with Gasteiger partial charge in [0.15, 0.2) is 0 Å². The van der Waals surface area contributed by atoms with Crippen LogP contribution in [0.3, 0.4) is 0 Å². The zero-order chi connectivity index (χ0) is 17.6.